The lowest BCUT2D eigenvalue weighted by atomic mass is 10.5. The molecule has 0 fully saturated rings. The average Bonchev–Trinajstić information content (AvgIpc) is 2.91. The second-order valence-electron chi connectivity index (χ2n) is 3.58. The van der Waals surface area contributed by atoms with Crippen molar-refractivity contribution in [1.29, 1.82) is 0 Å². The zero-order valence-corrected chi connectivity index (χ0v) is 12.8. The van der Waals surface area contributed by atoms with E-state index in [2.05, 4.69) is 15.5 Å². The largest absolute Gasteiger partial charge is 0.307 e. The third kappa shape index (κ3) is 3.64. The lowest BCUT2D eigenvalue weighted by molar-refractivity contribution is -0.116. The van der Waals surface area contributed by atoms with Crippen LogP contribution in [0.25, 0.3) is 0 Å². The number of carbonyl (C=O) groups is 1. The van der Waals surface area contributed by atoms with Gasteiger partial charge in [-0.15, -0.1) is 10.2 Å². The molecule has 19 heavy (non-hydrogen) atoms. The highest BCUT2D eigenvalue weighted by molar-refractivity contribution is 8.01. The fourth-order valence-electron chi connectivity index (χ4n) is 1.34. The van der Waals surface area contributed by atoms with Crippen LogP contribution in [0.5, 0.6) is 0 Å². The summed E-state index contributed by atoms with van der Waals surface area (Å²) in [5, 5.41) is 12.7. The monoisotopic (exact) mass is 316 g/mol. The van der Waals surface area contributed by atoms with Gasteiger partial charge in [-0.05, 0) is 12.7 Å². The standard InChI is InChI=1S/C10H12N4O2S3/c1-3-17-9-13-12-8(19-9)11-7(15)4-14-6(2)5-18-10(14)16/h5H,3-4H2,1-2H3,(H,11,12,15). The molecule has 0 radical (unpaired) electrons. The first-order valence-corrected chi connectivity index (χ1v) is 8.19. The number of hydrogen-bond donors (Lipinski definition) is 1. The van der Waals surface area contributed by atoms with Crippen LogP contribution in [0.1, 0.15) is 12.6 Å². The maximum atomic E-state index is 11.8. The minimum Gasteiger partial charge on any atom is -0.299 e. The first kappa shape index (κ1) is 14.2. The van der Waals surface area contributed by atoms with Gasteiger partial charge in [-0.1, -0.05) is 41.4 Å². The van der Waals surface area contributed by atoms with Gasteiger partial charge in [0.05, 0.1) is 0 Å². The van der Waals surface area contributed by atoms with Gasteiger partial charge in [0.25, 0.3) is 0 Å². The zero-order chi connectivity index (χ0) is 13.8. The molecular weight excluding hydrogens is 304 g/mol. The molecule has 6 nitrogen and oxygen atoms in total. The maximum absolute atomic E-state index is 11.8. The van der Waals surface area contributed by atoms with Gasteiger partial charge in [0.2, 0.25) is 11.0 Å². The van der Waals surface area contributed by atoms with Gasteiger partial charge in [0.15, 0.2) is 4.34 Å². The normalized spacial score (nSPS) is 10.6. The number of amides is 1. The van der Waals surface area contributed by atoms with E-state index in [1.807, 2.05) is 6.92 Å². The van der Waals surface area contributed by atoms with Crippen molar-refractivity contribution < 1.29 is 4.79 Å². The number of rotatable bonds is 5. The van der Waals surface area contributed by atoms with Crippen molar-refractivity contribution in [2.24, 2.45) is 0 Å². The molecule has 0 saturated heterocycles. The molecule has 1 N–H and O–H groups in total. The molecule has 2 rings (SSSR count). The van der Waals surface area contributed by atoms with Crippen LogP contribution in [0, 0.1) is 6.92 Å². The second kappa shape index (κ2) is 6.31. The predicted molar refractivity (Wildman–Crippen MR) is 78.3 cm³/mol. The number of aryl methyl sites for hydroxylation is 1. The van der Waals surface area contributed by atoms with E-state index < -0.39 is 0 Å². The quantitative estimate of drug-likeness (QED) is 0.672. The summed E-state index contributed by atoms with van der Waals surface area (Å²) in [7, 11) is 0. The van der Waals surface area contributed by atoms with Crippen LogP contribution in [-0.2, 0) is 11.3 Å². The molecule has 0 unspecified atom stereocenters. The smallest absolute Gasteiger partial charge is 0.299 e. The number of aromatic nitrogens is 3. The Morgan fingerprint density at radius 3 is 2.95 bits per heavy atom. The van der Waals surface area contributed by atoms with Crippen LogP contribution in [0.4, 0.5) is 5.13 Å². The fraction of sp³-hybridized carbons (Fsp3) is 0.400. The third-order valence-corrected chi connectivity index (χ3v) is 4.93. The Bertz CT molecular complexity index is 631. The van der Waals surface area contributed by atoms with Gasteiger partial charge in [0.1, 0.15) is 6.54 Å². The molecule has 2 aromatic rings. The van der Waals surface area contributed by atoms with Crippen molar-refractivity contribution in [3.05, 3.63) is 20.7 Å². The lowest BCUT2D eigenvalue weighted by Gasteiger charge is -2.03. The molecule has 0 aliphatic carbocycles. The number of nitrogens with zero attached hydrogens (tertiary/aromatic N) is 3. The molecule has 9 heteroatoms. The molecule has 2 heterocycles. The van der Waals surface area contributed by atoms with E-state index in [9.17, 15) is 9.59 Å². The summed E-state index contributed by atoms with van der Waals surface area (Å²) >= 11 is 3.99. The van der Waals surface area contributed by atoms with E-state index in [-0.39, 0.29) is 17.3 Å². The Labute approximate surface area is 121 Å². The Hall–Kier alpha value is -1.19. The molecule has 0 atom stereocenters. The highest BCUT2D eigenvalue weighted by Gasteiger charge is 2.11. The average molecular weight is 316 g/mol. The van der Waals surface area contributed by atoms with E-state index in [0.717, 1.165) is 27.1 Å². The minimum absolute atomic E-state index is 0.00397. The summed E-state index contributed by atoms with van der Waals surface area (Å²) in [4.78, 5) is 23.2. The van der Waals surface area contributed by atoms with Gasteiger partial charge in [0, 0.05) is 11.1 Å². The third-order valence-electron chi connectivity index (χ3n) is 2.20. The molecule has 102 valence electrons. The Balaban J connectivity index is 1.99. The van der Waals surface area contributed by atoms with Gasteiger partial charge >= 0.3 is 4.87 Å². The molecule has 0 aromatic carbocycles. The number of thioether (sulfide) groups is 1. The van der Waals surface area contributed by atoms with E-state index in [0.29, 0.717) is 5.13 Å². The van der Waals surface area contributed by atoms with Crippen LogP contribution < -0.4 is 10.2 Å². The summed E-state index contributed by atoms with van der Waals surface area (Å²) in [5.41, 5.74) is 0.782. The number of nitrogens with one attached hydrogen (secondary N) is 1. The first-order valence-electron chi connectivity index (χ1n) is 5.51. The molecule has 0 saturated carbocycles. The van der Waals surface area contributed by atoms with Crippen molar-refractivity contribution in [1.82, 2.24) is 14.8 Å². The minimum atomic E-state index is -0.271. The fourth-order valence-corrected chi connectivity index (χ4v) is 3.74. The van der Waals surface area contributed by atoms with Gasteiger partial charge < -0.3 is 0 Å². The highest BCUT2D eigenvalue weighted by atomic mass is 32.2. The molecule has 0 aliphatic heterocycles. The van der Waals surface area contributed by atoms with Crippen molar-refractivity contribution in [2.45, 2.75) is 24.7 Å². The van der Waals surface area contributed by atoms with Crippen molar-refractivity contribution in [3.8, 4) is 0 Å². The van der Waals surface area contributed by atoms with E-state index in [4.69, 9.17) is 0 Å². The van der Waals surface area contributed by atoms with Crippen LogP contribution in [0.2, 0.25) is 0 Å². The van der Waals surface area contributed by atoms with Crippen LogP contribution >= 0.6 is 34.4 Å². The Morgan fingerprint density at radius 2 is 2.32 bits per heavy atom. The van der Waals surface area contributed by atoms with E-state index >= 15 is 0 Å². The summed E-state index contributed by atoms with van der Waals surface area (Å²) in [6, 6.07) is 0. The van der Waals surface area contributed by atoms with Gasteiger partial charge in [-0.3, -0.25) is 19.5 Å². The van der Waals surface area contributed by atoms with Crippen molar-refractivity contribution in [2.75, 3.05) is 11.1 Å². The summed E-state index contributed by atoms with van der Waals surface area (Å²) < 4.78 is 2.25. The summed E-state index contributed by atoms with van der Waals surface area (Å²) in [5.74, 6) is 0.638. The summed E-state index contributed by atoms with van der Waals surface area (Å²) in [6.07, 6.45) is 0. The molecule has 1 amide bonds. The molecule has 0 spiro atoms. The Kier molecular flexibility index (Phi) is 4.72. The molecule has 0 bridgehead atoms. The Morgan fingerprint density at radius 1 is 1.53 bits per heavy atom. The van der Waals surface area contributed by atoms with Crippen LogP contribution in [0.3, 0.4) is 0 Å². The van der Waals surface area contributed by atoms with Gasteiger partial charge in [-0.2, -0.15) is 0 Å². The molecule has 0 aliphatic rings. The predicted octanol–water partition coefficient (Wildman–Crippen LogP) is 1.82. The van der Waals surface area contributed by atoms with Crippen molar-refractivity contribution >= 4 is 45.5 Å². The zero-order valence-electron chi connectivity index (χ0n) is 10.4. The SMILES string of the molecule is CCSc1nnc(NC(=O)Cn2c(C)csc2=O)s1. The lowest BCUT2D eigenvalue weighted by Crippen LogP contribution is -2.25. The topological polar surface area (TPSA) is 76.9 Å². The number of carbonyl (C=O) groups excluding carboxylic acids is 1. The van der Waals surface area contributed by atoms with Crippen LogP contribution in [0.15, 0.2) is 14.5 Å². The van der Waals surface area contributed by atoms with Gasteiger partial charge in [-0.25, -0.2) is 0 Å². The number of anilines is 1. The first-order chi connectivity index (χ1) is 9.10. The van der Waals surface area contributed by atoms with Crippen LogP contribution in [-0.4, -0.2) is 26.4 Å². The maximum Gasteiger partial charge on any atom is 0.307 e. The number of thiazole rings is 1. The van der Waals surface area contributed by atoms with E-state index in [1.54, 1.807) is 24.1 Å². The summed E-state index contributed by atoms with van der Waals surface area (Å²) in [6.45, 7) is 3.83. The number of hydrogen-bond acceptors (Lipinski definition) is 7. The second-order valence-corrected chi connectivity index (χ2v) is 6.89. The van der Waals surface area contributed by atoms with E-state index in [1.165, 1.54) is 15.9 Å². The molecular formula is C10H12N4O2S3. The highest BCUT2D eigenvalue weighted by Crippen LogP contribution is 2.24. The van der Waals surface area contributed by atoms with Crippen molar-refractivity contribution in [3.63, 3.8) is 0 Å². The molecule has 2 aromatic heterocycles.